The van der Waals surface area contributed by atoms with Gasteiger partial charge in [0.2, 0.25) is 0 Å². The SMILES string of the molecule is O=C(NCc1c(F)cc(F)c(F)c1F)N1CC[C@H]([C@@H]2CCOC2)C1. The zero-order valence-corrected chi connectivity index (χ0v) is 13.0. The van der Waals surface area contributed by atoms with E-state index in [-0.39, 0.29) is 6.07 Å². The summed E-state index contributed by atoms with van der Waals surface area (Å²) >= 11 is 0. The minimum Gasteiger partial charge on any atom is -0.381 e. The number of halogens is 4. The Morgan fingerprint density at radius 3 is 2.67 bits per heavy atom. The van der Waals surface area contributed by atoms with Crippen molar-refractivity contribution in [2.75, 3.05) is 26.3 Å². The van der Waals surface area contributed by atoms with Gasteiger partial charge in [0.1, 0.15) is 5.82 Å². The monoisotopic (exact) mass is 346 g/mol. The minimum absolute atomic E-state index is 0.270. The van der Waals surface area contributed by atoms with Gasteiger partial charge in [0.25, 0.3) is 0 Å². The van der Waals surface area contributed by atoms with Gasteiger partial charge in [-0.05, 0) is 24.7 Å². The number of ether oxygens (including phenoxy) is 1. The van der Waals surface area contributed by atoms with Crippen molar-refractivity contribution in [3.05, 3.63) is 34.9 Å². The average molecular weight is 346 g/mol. The predicted molar refractivity (Wildman–Crippen MR) is 77.1 cm³/mol. The second kappa shape index (κ2) is 6.96. The fraction of sp³-hybridized carbons (Fsp3) is 0.562. The van der Waals surface area contributed by atoms with Crippen molar-refractivity contribution >= 4 is 6.03 Å². The van der Waals surface area contributed by atoms with Crippen LogP contribution in [0, 0.1) is 35.1 Å². The molecule has 4 nitrogen and oxygen atoms in total. The highest BCUT2D eigenvalue weighted by molar-refractivity contribution is 5.74. The summed E-state index contributed by atoms with van der Waals surface area (Å²) in [5.74, 6) is -5.40. The van der Waals surface area contributed by atoms with Crippen LogP contribution >= 0.6 is 0 Å². The third kappa shape index (κ3) is 3.33. The van der Waals surface area contributed by atoms with Crippen LogP contribution in [0.2, 0.25) is 0 Å². The first kappa shape index (κ1) is 17.0. The van der Waals surface area contributed by atoms with E-state index < -0.39 is 41.4 Å². The molecule has 132 valence electrons. The molecule has 0 saturated carbocycles. The van der Waals surface area contributed by atoms with Gasteiger partial charge in [-0.2, -0.15) is 0 Å². The molecule has 0 unspecified atom stereocenters. The second-order valence-corrected chi connectivity index (χ2v) is 6.22. The van der Waals surface area contributed by atoms with E-state index in [1.54, 1.807) is 4.90 Å². The summed E-state index contributed by atoms with van der Waals surface area (Å²) in [5, 5.41) is 2.37. The third-order valence-corrected chi connectivity index (χ3v) is 4.77. The smallest absolute Gasteiger partial charge is 0.317 e. The summed E-state index contributed by atoms with van der Waals surface area (Å²) in [4.78, 5) is 13.7. The molecule has 1 aromatic carbocycles. The van der Waals surface area contributed by atoms with Gasteiger partial charge in [-0.15, -0.1) is 0 Å². The van der Waals surface area contributed by atoms with Crippen LogP contribution < -0.4 is 5.32 Å². The normalized spacial score (nSPS) is 23.8. The lowest BCUT2D eigenvalue weighted by molar-refractivity contribution is 0.170. The van der Waals surface area contributed by atoms with E-state index in [9.17, 15) is 22.4 Å². The Kier molecular flexibility index (Phi) is 4.93. The maximum absolute atomic E-state index is 13.6. The molecule has 0 radical (unpaired) electrons. The molecule has 2 fully saturated rings. The maximum atomic E-state index is 13.6. The Labute approximate surface area is 136 Å². The number of nitrogens with zero attached hydrogens (tertiary/aromatic N) is 1. The van der Waals surface area contributed by atoms with E-state index in [1.807, 2.05) is 0 Å². The molecule has 3 rings (SSSR count). The summed E-state index contributed by atoms with van der Waals surface area (Å²) in [7, 11) is 0. The van der Waals surface area contributed by atoms with Crippen LogP contribution in [-0.2, 0) is 11.3 Å². The first-order valence-electron chi connectivity index (χ1n) is 7.89. The Morgan fingerprint density at radius 2 is 1.96 bits per heavy atom. The lowest BCUT2D eigenvalue weighted by Gasteiger charge is -2.20. The molecule has 1 aromatic rings. The lowest BCUT2D eigenvalue weighted by Crippen LogP contribution is -2.39. The summed E-state index contributed by atoms with van der Waals surface area (Å²) in [6, 6.07) is -0.203. The molecule has 8 heteroatoms. The molecule has 2 heterocycles. The molecule has 2 aliphatic heterocycles. The molecule has 0 aliphatic carbocycles. The molecular formula is C16H18F4N2O2. The van der Waals surface area contributed by atoms with Crippen molar-refractivity contribution in [3.63, 3.8) is 0 Å². The van der Waals surface area contributed by atoms with E-state index in [2.05, 4.69) is 5.32 Å². The fourth-order valence-electron chi connectivity index (χ4n) is 3.32. The molecule has 2 amide bonds. The number of hydrogen-bond donors (Lipinski definition) is 1. The number of amides is 2. The molecule has 0 bridgehead atoms. The minimum atomic E-state index is -1.75. The highest BCUT2D eigenvalue weighted by Gasteiger charge is 2.33. The van der Waals surface area contributed by atoms with Crippen LogP contribution in [-0.4, -0.2) is 37.2 Å². The van der Waals surface area contributed by atoms with E-state index in [1.165, 1.54) is 0 Å². The van der Waals surface area contributed by atoms with Crippen molar-refractivity contribution < 1.29 is 27.1 Å². The highest BCUT2D eigenvalue weighted by atomic mass is 19.2. The summed E-state index contributed by atoms with van der Waals surface area (Å²) in [6.07, 6.45) is 1.83. The number of hydrogen-bond acceptors (Lipinski definition) is 2. The number of rotatable bonds is 3. The van der Waals surface area contributed by atoms with Crippen molar-refractivity contribution in [2.45, 2.75) is 19.4 Å². The van der Waals surface area contributed by atoms with Gasteiger partial charge >= 0.3 is 6.03 Å². The van der Waals surface area contributed by atoms with Crippen molar-refractivity contribution in [1.29, 1.82) is 0 Å². The Hall–Kier alpha value is -1.83. The molecule has 1 N–H and O–H groups in total. The van der Waals surface area contributed by atoms with Crippen LogP contribution in [0.5, 0.6) is 0 Å². The van der Waals surface area contributed by atoms with Crippen LogP contribution in [0.15, 0.2) is 6.07 Å². The zero-order valence-electron chi connectivity index (χ0n) is 13.0. The van der Waals surface area contributed by atoms with E-state index >= 15 is 0 Å². The molecular weight excluding hydrogens is 328 g/mol. The third-order valence-electron chi connectivity index (χ3n) is 4.77. The Morgan fingerprint density at radius 1 is 1.17 bits per heavy atom. The highest BCUT2D eigenvalue weighted by Crippen LogP contribution is 2.30. The van der Waals surface area contributed by atoms with Gasteiger partial charge in [0.15, 0.2) is 17.5 Å². The molecule has 2 atom stereocenters. The number of benzene rings is 1. The van der Waals surface area contributed by atoms with Gasteiger partial charge in [-0.1, -0.05) is 0 Å². The van der Waals surface area contributed by atoms with E-state index in [0.717, 1.165) is 19.4 Å². The van der Waals surface area contributed by atoms with E-state index in [4.69, 9.17) is 4.74 Å². The van der Waals surface area contributed by atoms with Crippen LogP contribution in [0.1, 0.15) is 18.4 Å². The zero-order chi connectivity index (χ0) is 17.3. The lowest BCUT2D eigenvalue weighted by atomic mass is 9.91. The predicted octanol–water partition coefficient (Wildman–Crippen LogP) is 2.81. The standard InChI is InChI=1S/C16H18F4N2O2/c17-12-5-13(18)15(20)14(19)11(12)6-21-16(23)22-3-1-9(7-22)10-2-4-24-8-10/h5,9-10H,1-4,6-8H2,(H,21,23)/t9-,10+/m0/s1. The van der Waals surface area contributed by atoms with Gasteiger partial charge in [0.05, 0.1) is 6.54 Å². The van der Waals surface area contributed by atoms with Crippen molar-refractivity contribution in [2.24, 2.45) is 11.8 Å². The van der Waals surface area contributed by atoms with Crippen LogP contribution in [0.3, 0.4) is 0 Å². The number of carbonyl (C=O) groups excluding carboxylic acids is 1. The Bertz CT molecular complexity index is 635. The van der Waals surface area contributed by atoms with Gasteiger partial charge in [-0.25, -0.2) is 22.4 Å². The first-order valence-corrected chi connectivity index (χ1v) is 7.89. The van der Waals surface area contributed by atoms with Gasteiger partial charge in [0, 0.05) is 37.9 Å². The number of carbonyl (C=O) groups is 1. The van der Waals surface area contributed by atoms with Gasteiger partial charge in [-0.3, -0.25) is 0 Å². The summed E-state index contributed by atoms with van der Waals surface area (Å²) in [6.45, 7) is 2.01. The largest absolute Gasteiger partial charge is 0.381 e. The fourth-order valence-corrected chi connectivity index (χ4v) is 3.32. The van der Waals surface area contributed by atoms with Crippen LogP contribution in [0.4, 0.5) is 22.4 Å². The van der Waals surface area contributed by atoms with Gasteiger partial charge < -0.3 is 15.0 Å². The molecule has 2 aliphatic rings. The topological polar surface area (TPSA) is 41.6 Å². The second-order valence-electron chi connectivity index (χ2n) is 6.22. The van der Waals surface area contributed by atoms with E-state index in [0.29, 0.717) is 31.5 Å². The summed E-state index contributed by atoms with van der Waals surface area (Å²) in [5.41, 5.74) is -0.692. The molecule has 0 aromatic heterocycles. The quantitative estimate of drug-likeness (QED) is 0.520. The molecule has 0 spiro atoms. The van der Waals surface area contributed by atoms with Crippen molar-refractivity contribution in [3.8, 4) is 0 Å². The number of likely N-dealkylation sites (tertiary alicyclic amines) is 1. The maximum Gasteiger partial charge on any atom is 0.317 e. The number of urea groups is 1. The van der Waals surface area contributed by atoms with Crippen LogP contribution in [0.25, 0.3) is 0 Å². The molecule has 24 heavy (non-hydrogen) atoms. The number of nitrogens with one attached hydrogen (secondary N) is 1. The average Bonchev–Trinajstić information content (AvgIpc) is 3.23. The molecule has 2 saturated heterocycles. The van der Waals surface area contributed by atoms with Crippen molar-refractivity contribution in [1.82, 2.24) is 10.2 Å². The summed E-state index contributed by atoms with van der Waals surface area (Å²) < 4.78 is 58.6. The Balaban J connectivity index is 1.57. The first-order chi connectivity index (χ1) is 11.5.